The van der Waals surface area contributed by atoms with Crippen molar-refractivity contribution in [3.63, 3.8) is 0 Å². The van der Waals surface area contributed by atoms with Crippen LogP contribution in [0.1, 0.15) is 92.9 Å². The van der Waals surface area contributed by atoms with E-state index < -0.39 is 35.2 Å². The van der Waals surface area contributed by atoms with Crippen molar-refractivity contribution in [2.75, 3.05) is 0 Å². The molecule has 8 heteroatoms. The molecule has 0 radical (unpaired) electrons. The number of carbonyl (C=O) groups excluding carboxylic acids is 3. The number of allylic oxidation sites excluding steroid dienone is 1. The van der Waals surface area contributed by atoms with Gasteiger partial charge in [-0.2, -0.15) is 0 Å². The number of rotatable bonds is 3. The van der Waals surface area contributed by atoms with Crippen LogP contribution >= 0.6 is 0 Å². The van der Waals surface area contributed by atoms with Gasteiger partial charge in [0.15, 0.2) is 0 Å². The lowest BCUT2D eigenvalue weighted by Gasteiger charge is -2.52. The highest BCUT2D eigenvalue weighted by molar-refractivity contribution is 5.85. The van der Waals surface area contributed by atoms with Gasteiger partial charge >= 0.3 is 17.9 Å². The Labute approximate surface area is 236 Å². The predicted octanol–water partition coefficient (Wildman–Crippen LogP) is 5.61. The van der Waals surface area contributed by atoms with E-state index in [9.17, 15) is 19.6 Å². The molecule has 1 saturated heterocycles. The van der Waals surface area contributed by atoms with Crippen LogP contribution in [0, 0.1) is 28.6 Å². The summed E-state index contributed by atoms with van der Waals surface area (Å²) in [5.41, 5.74) is 2.13. The fraction of sp³-hybridized carbons (Fsp3) is 0.719. The normalized spacial score (nSPS) is 43.7. The van der Waals surface area contributed by atoms with Crippen LogP contribution in [0.4, 0.5) is 0 Å². The van der Waals surface area contributed by atoms with E-state index in [1.165, 1.54) is 18.6 Å². The average Bonchev–Trinajstić information content (AvgIpc) is 3.26. The second-order valence-corrected chi connectivity index (χ2v) is 14.1. The van der Waals surface area contributed by atoms with Crippen LogP contribution in [0.25, 0.3) is 0 Å². The number of carbonyl (C=O) groups is 3. The summed E-state index contributed by atoms with van der Waals surface area (Å²) >= 11 is 0. The third-order valence-electron chi connectivity index (χ3n) is 12.0. The van der Waals surface area contributed by atoms with Gasteiger partial charge in [0.25, 0.3) is 0 Å². The van der Waals surface area contributed by atoms with Crippen LogP contribution in [0.3, 0.4) is 0 Å². The van der Waals surface area contributed by atoms with E-state index in [-0.39, 0.29) is 28.8 Å². The maximum atomic E-state index is 13.0. The molecule has 1 N–H and O–H groups in total. The highest BCUT2D eigenvalue weighted by atomic mass is 17.1. The molecule has 2 aliphatic heterocycles. The number of esters is 3. The second-order valence-electron chi connectivity index (χ2n) is 14.1. The predicted molar refractivity (Wildman–Crippen MR) is 145 cm³/mol. The van der Waals surface area contributed by atoms with Gasteiger partial charge in [0, 0.05) is 18.9 Å². The Hall–Kier alpha value is -2.45. The zero-order chi connectivity index (χ0) is 28.8. The van der Waals surface area contributed by atoms with Crippen molar-refractivity contribution in [3.8, 4) is 0 Å². The molecule has 2 bridgehead atoms. The highest BCUT2D eigenvalue weighted by Gasteiger charge is 2.65. The van der Waals surface area contributed by atoms with Crippen LogP contribution in [-0.4, -0.2) is 46.6 Å². The largest absolute Gasteiger partial charge is 0.459 e. The molecule has 218 valence electrons. The van der Waals surface area contributed by atoms with Crippen molar-refractivity contribution in [1.29, 1.82) is 0 Å². The Morgan fingerprint density at radius 2 is 1.73 bits per heavy atom. The first-order valence-electron chi connectivity index (χ1n) is 14.8. The van der Waals surface area contributed by atoms with Gasteiger partial charge in [0.05, 0.1) is 0 Å². The van der Waals surface area contributed by atoms with E-state index in [0.29, 0.717) is 5.92 Å². The molecular weight excluding hydrogens is 512 g/mol. The number of fused-ring (bicyclic) bond motifs is 4. The molecule has 0 aromatic heterocycles. The Bertz CT molecular complexity index is 1260. The molecule has 6 aliphatic rings. The zero-order valence-electron chi connectivity index (χ0n) is 24.5. The first kappa shape index (κ1) is 27.7. The molecule has 2 heterocycles. The minimum atomic E-state index is -1.22. The molecule has 2 saturated carbocycles. The molecule has 40 heavy (non-hydrogen) atoms. The summed E-state index contributed by atoms with van der Waals surface area (Å²) in [6, 6.07) is 0. The van der Waals surface area contributed by atoms with E-state index in [2.05, 4.69) is 13.8 Å². The van der Waals surface area contributed by atoms with Gasteiger partial charge < -0.3 is 14.2 Å². The second kappa shape index (κ2) is 9.02. The fourth-order valence-corrected chi connectivity index (χ4v) is 9.81. The molecule has 0 spiro atoms. The molecule has 8 nitrogen and oxygen atoms in total. The zero-order valence-corrected chi connectivity index (χ0v) is 24.5. The number of hydrogen-bond acceptors (Lipinski definition) is 8. The quantitative estimate of drug-likeness (QED) is 0.158. The van der Waals surface area contributed by atoms with Crippen molar-refractivity contribution in [2.24, 2.45) is 28.6 Å². The van der Waals surface area contributed by atoms with Gasteiger partial charge in [-0.25, -0.2) is 14.5 Å². The third kappa shape index (κ3) is 3.74. The van der Waals surface area contributed by atoms with Gasteiger partial charge in [-0.05, 0) is 118 Å². The smallest absolute Gasteiger partial charge is 0.350 e. The number of cyclic esters (lactones) is 1. The summed E-state index contributed by atoms with van der Waals surface area (Å²) < 4.78 is 17.3. The van der Waals surface area contributed by atoms with Crippen molar-refractivity contribution < 1.29 is 38.7 Å². The van der Waals surface area contributed by atoms with Crippen LogP contribution in [0.2, 0.25) is 0 Å². The van der Waals surface area contributed by atoms with E-state index >= 15 is 0 Å². The Morgan fingerprint density at radius 3 is 2.42 bits per heavy atom. The van der Waals surface area contributed by atoms with Crippen molar-refractivity contribution in [2.45, 2.75) is 116 Å². The first-order valence-corrected chi connectivity index (χ1v) is 14.8. The Balaban J connectivity index is 1.34. The van der Waals surface area contributed by atoms with E-state index in [1.807, 2.05) is 13.8 Å². The number of ether oxygens (including phenoxy) is 3. The average molecular weight is 555 g/mol. The minimum absolute atomic E-state index is 0.0300. The monoisotopic (exact) mass is 554 g/mol. The molecule has 6 rings (SSSR count). The van der Waals surface area contributed by atoms with Crippen LogP contribution in [0.15, 0.2) is 34.4 Å². The van der Waals surface area contributed by atoms with Crippen molar-refractivity contribution in [1.82, 2.24) is 0 Å². The lowest BCUT2D eigenvalue weighted by atomic mass is 9.52. The van der Waals surface area contributed by atoms with Crippen molar-refractivity contribution in [3.05, 3.63) is 34.4 Å². The van der Waals surface area contributed by atoms with Crippen molar-refractivity contribution >= 4 is 17.9 Å². The SMILES string of the molecule is CC(=O)O[C@@]1(C)C(=O)O[C@@H]2C[C@H]1C[C@H]2[C@H]1CC[C@@]2(C)C3=C(CC[C@]12C)[C@H](OO)C1=C(CC3)C(C)(C)OC(=O)C=C1. The topological polar surface area (TPSA) is 108 Å². The highest BCUT2D eigenvalue weighted by Crippen LogP contribution is 2.70. The molecule has 0 aromatic carbocycles. The summed E-state index contributed by atoms with van der Waals surface area (Å²) in [5.74, 6) is -0.730. The van der Waals surface area contributed by atoms with E-state index in [1.54, 1.807) is 13.0 Å². The van der Waals surface area contributed by atoms with Gasteiger partial charge in [-0.1, -0.05) is 19.4 Å². The molecule has 0 amide bonds. The molecule has 0 unspecified atom stereocenters. The summed E-state index contributed by atoms with van der Waals surface area (Å²) in [4.78, 5) is 42.4. The van der Waals surface area contributed by atoms with Crippen LogP contribution in [0.5, 0.6) is 0 Å². The molecular formula is C32H42O8. The molecule has 0 aromatic rings. The Morgan fingerprint density at radius 1 is 1.00 bits per heavy atom. The summed E-state index contributed by atoms with van der Waals surface area (Å²) in [6.45, 7) is 11.7. The maximum absolute atomic E-state index is 13.0. The summed E-state index contributed by atoms with van der Waals surface area (Å²) in [7, 11) is 0. The number of hydrogen-bond donors (Lipinski definition) is 1. The summed E-state index contributed by atoms with van der Waals surface area (Å²) in [6.07, 6.45) is 9.26. The van der Waals surface area contributed by atoms with Gasteiger partial charge in [-0.15, -0.1) is 0 Å². The summed E-state index contributed by atoms with van der Waals surface area (Å²) in [5, 5.41) is 10.3. The first-order chi connectivity index (χ1) is 18.7. The lowest BCUT2D eigenvalue weighted by molar-refractivity contribution is -0.260. The Kier molecular flexibility index (Phi) is 6.25. The maximum Gasteiger partial charge on any atom is 0.350 e. The standard InChI is InChI=1S/C32H42O8/c1-17(33)38-32(6)18-15-21(25(16-18)37-28(32)35)24-12-14-31(5)23-9-8-22-19(7-10-26(34)39-29(22,2)3)27(40-36)20(23)11-13-30(24,31)4/h7,10,18,21,24-25,27,36H,8-9,11-16H2,1-6H3/t18-,21+,24-,25-,27-,30-,31+,32-/m1/s1. The molecule has 4 aliphatic carbocycles. The van der Waals surface area contributed by atoms with Gasteiger partial charge in [0.2, 0.25) is 5.60 Å². The van der Waals surface area contributed by atoms with Gasteiger partial charge in [0.1, 0.15) is 17.8 Å². The van der Waals surface area contributed by atoms with E-state index in [0.717, 1.165) is 68.1 Å². The molecule has 3 fully saturated rings. The van der Waals surface area contributed by atoms with Crippen LogP contribution < -0.4 is 0 Å². The minimum Gasteiger partial charge on any atom is -0.459 e. The third-order valence-corrected chi connectivity index (χ3v) is 12.0. The fourth-order valence-electron chi connectivity index (χ4n) is 9.81. The lowest BCUT2D eigenvalue weighted by Crippen LogP contribution is -2.51. The van der Waals surface area contributed by atoms with Gasteiger partial charge in [-0.3, -0.25) is 10.1 Å². The van der Waals surface area contributed by atoms with E-state index in [4.69, 9.17) is 19.1 Å². The van der Waals surface area contributed by atoms with Crippen LogP contribution in [-0.2, 0) is 33.5 Å². The molecule has 8 atom stereocenters.